The molecule has 0 saturated heterocycles. The molecule has 88 valence electrons. The van der Waals surface area contributed by atoms with Crippen LogP contribution < -0.4 is 10.5 Å². The third kappa shape index (κ3) is 2.59. The molecule has 8 heteroatoms. The zero-order valence-electron chi connectivity index (χ0n) is 7.66. The van der Waals surface area contributed by atoms with E-state index < -0.39 is 29.8 Å². The molecule has 1 heterocycles. The van der Waals surface area contributed by atoms with Gasteiger partial charge in [-0.1, -0.05) is 0 Å². The quantitative estimate of drug-likeness (QED) is 0.806. The van der Waals surface area contributed by atoms with E-state index in [1.54, 1.807) is 0 Å². The van der Waals surface area contributed by atoms with E-state index in [1.165, 1.54) is 0 Å². The highest BCUT2D eigenvalue weighted by atomic mass is 19.3. The number of hydrogen-bond donors (Lipinski definition) is 1. The summed E-state index contributed by atoms with van der Waals surface area (Å²) < 4.78 is 52.4. The highest BCUT2D eigenvalue weighted by Gasteiger charge is 2.44. The summed E-state index contributed by atoms with van der Waals surface area (Å²) in [6, 6.07) is 0.844. The lowest BCUT2D eigenvalue weighted by Gasteiger charge is -2.17. The summed E-state index contributed by atoms with van der Waals surface area (Å²) in [5, 5.41) is 0. The fourth-order valence-electron chi connectivity index (χ4n) is 0.847. The van der Waals surface area contributed by atoms with E-state index in [0.717, 1.165) is 18.5 Å². The monoisotopic (exact) mass is 238 g/mol. The van der Waals surface area contributed by atoms with Crippen molar-refractivity contribution in [3.63, 3.8) is 0 Å². The van der Waals surface area contributed by atoms with Crippen molar-refractivity contribution in [2.24, 2.45) is 5.73 Å². The molecular formula is C8H6F4N2O2. The number of hydrogen-bond acceptors (Lipinski definition) is 3. The molecule has 0 aliphatic heterocycles. The van der Waals surface area contributed by atoms with Gasteiger partial charge in [-0.3, -0.25) is 9.78 Å². The second-order valence-electron chi connectivity index (χ2n) is 2.70. The Kier molecular flexibility index (Phi) is 3.31. The zero-order valence-corrected chi connectivity index (χ0v) is 7.66. The molecule has 4 nitrogen and oxygen atoms in total. The Balaban J connectivity index is 3.02. The van der Waals surface area contributed by atoms with Gasteiger partial charge in [0.25, 0.3) is 5.91 Å². The van der Waals surface area contributed by atoms with E-state index in [1.807, 2.05) is 0 Å². The number of nitrogens with two attached hydrogens (primary N) is 1. The minimum atomic E-state index is -4.69. The predicted molar refractivity (Wildman–Crippen MR) is 44.3 cm³/mol. The standard InChI is InChI=1S/C8H6F4N2O2/c9-7(10)8(11,12)16-5-1-2-14-3-4(5)6(13)15/h1-3,7H,(H2,13,15). The van der Waals surface area contributed by atoms with Crippen molar-refractivity contribution in [3.05, 3.63) is 24.0 Å². The summed E-state index contributed by atoms with van der Waals surface area (Å²) in [6.07, 6.45) is -6.85. The molecule has 0 aromatic carbocycles. The van der Waals surface area contributed by atoms with Gasteiger partial charge in [-0.25, -0.2) is 0 Å². The predicted octanol–water partition coefficient (Wildman–Crippen LogP) is 1.42. The van der Waals surface area contributed by atoms with Crippen LogP contribution >= 0.6 is 0 Å². The van der Waals surface area contributed by atoms with E-state index in [4.69, 9.17) is 5.73 Å². The molecular weight excluding hydrogens is 232 g/mol. The molecule has 0 aliphatic carbocycles. The van der Waals surface area contributed by atoms with Crippen LogP contribution in [-0.4, -0.2) is 23.4 Å². The molecule has 1 rings (SSSR count). The molecule has 0 radical (unpaired) electrons. The normalized spacial score (nSPS) is 11.6. The maximum atomic E-state index is 12.5. The van der Waals surface area contributed by atoms with Crippen LogP contribution in [0.2, 0.25) is 0 Å². The number of ether oxygens (including phenoxy) is 1. The molecule has 0 unspecified atom stereocenters. The first-order chi connectivity index (χ1) is 7.34. The summed E-state index contributed by atoms with van der Waals surface area (Å²) in [5.41, 5.74) is 4.32. The number of alkyl halides is 4. The number of halogens is 4. The van der Waals surface area contributed by atoms with Gasteiger partial charge in [0, 0.05) is 12.4 Å². The minimum Gasteiger partial charge on any atom is -0.427 e. The highest BCUT2D eigenvalue weighted by Crippen LogP contribution is 2.28. The molecule has 16 heavy (non-hydrogen) atoms. The van der Waals surface area contributed by atoms with Crippen molar-refractivity contribution in [2.75, 3.05) is 0 Å². The molecule has 1 amide bonds. The van der Waals surface area contributed by atoms with Crippen LogP contribution in [0.15, 0.2) is 18.5 Å². The maximum Gasteiger partial charge on any atom is 0.461 e. The van der Waals surface area contributed by atoms with Gasteiger partial charge < -0.3 is 10.5 Å². The number of rotatable bonds is 4. The second-order valence-corrected chi connectivity index (χ2v) is 2.70. The van der Waals surface area contributed by atoms with E-state index >= 15 is 0 Å². The maximum absolute atomic E-state index is 12.5. The minimum absolute atomic E-state index is 0.497. The summed E-state index contributed by atoms with van der Waals surface area (Å²) >= 11 is 0. The van der Waals surface area contributed by atoms with Crippen molar-refractivity contribution >= 4 is 5.91 Å². The Morgan fingerprint density at radius 2 is 2.12 bits per heavy atom. The van der Waals surface area contributed by atoms with Crippen LogP contribution in [0.5, 0.6) is 5.75 Å². The van der Waals surface area contributed by atoms with Crippen LogP contribution in [0.1, 0.15) is 10.4 Å². The third-order valence-corrected chi connectivity index (χ3v) is 1.55. The van der Waals surface area contributed by atoms with Crippen molar-refractivity contribution in [3.8, 4) is 5.75 Å². The summed E-state index contributed by atoms with van der Waals surface area (Å²) in [5.74, 6) is -1.85. The average molecular weight is 238 g/mol. The van der Waals surface area contributed by atoms with Crippen LogP contribution in [0, 0.1) is 0 Å². The first-order valence-corrected chi connectivity index (χ1v) is 3.93. The van der Waals surface area contributed by atoms with Crippen LogP contribution in [0.3, 0.4) is 0 Å². The van der Waals surface area contributed by atoms with Gasteiger partial charge in [0.2, 0.25) is 0 Å². The van der Waals surface area contributed by atoms with E-state index in [-0.39, 0.29) is 0 Å². The van der Waals surface area contributed by atoms with E-state index in [9.17, 15) is 22.4 Å². The molecule has 1 aromatic heterocycles. The van der Waals surface area contributed by atoms with Gasteiger partial charge in [-0.15, -0.1) is 0 Å². The summed E-state index contributed by atoms with van der Waals surface area (Å²) in [4.78, 5) is 14.2. The number of primary amides is 1. The summed E-state index contributed by atoms with van der Waals surface area (Å²) in [6.45, 7) is 0. The molecule has 0 atom stereocenters. The lowest BCUT2D eigenvalue weighted by atomic mass is 10.2. The average Bonchev–Trinajstić information content (AvgIpc) is 2.17. The molecule has 0 saturated carbocycles. The Hall–Kier alpha value is -1.86. The van der Waals surface area contributed by atoms with Crippen LogP contribution in [0.25, 0.3) is 0 Å². The SMILES string of the molecule is NC(=O)c1cnccc1OC(F)(F)C(F)F. The van der Waals surface area contributed by atoms with E-state index in [0.29, 0.717) is 0 Å². The van der Waals surface area contributed by atoms with Gasteiger partial charge in [0.1, 0.15) is 5.75 Å². The van der Waals surface area contributed by atoms with Crippen molar-refractivity contribution in [1.29, 1.82) is 0 Å². The Labute approximate surface area is 87.0 Å². The van der Waals surface area contributed by atoms with E-state index in [2.05, 4.69) is 9.72 Å². The topological polar surface area (TPSA) is 65.2 Å². The van der Waals surface area contributed by atoms with Gasteiger partial charge >= 0.3 is 12.5 Å². The van der Waals surface area contributed by atoms with Crippen molar-refractivity contribution < 1.29 is 27.1 Å². The lowest BCUT2D eigenvalue weighted by Crippen LogP contribution is -2.34. The highest BCUT2D eigenvalue weighted by molar-refractivity contribution is 5.95. The zero-order chi connectivity index (χ0) is 12.3. The molecule has 0 spiro atoms. The van der Waals surface area contributed by atoms with Gasteiger partial charge in [0.15, 0.2) is 0 Å². The van der Waals surface area contributed by atoms with Crippen LogP contribution in [-0.2, 0) is 0 Å². The first kappa shape index (κ1) is 12.2. The molecule has 2 N–H and O–H groups in total. The lowest BCUT2D eigenvalue weighted by molar-refractivity contribution is -0.253. The number of aromatic nitrogens is 1. The second kappa shape index (κ2) is 4.33. The fourth-order valence-corrected chi connectivity index (χ4v) is 0.847. The van der Waals surface area contributed by atoms with Gasteiger partial charge in [0.05, 0.1) is 5.56 Å². The number of nitrogens with zero attached hydrogens (tertiary/aromatic N) is 1. The third-order valence-electron chi connectivity index (χ3n) is 1.55. The Morgan fingerprint density at radius 1 is 1.50 bits per heavy atom. The van der Waals surface area contributed by atoms with Crippen molar-refractivity contribution in [2.45, 2.75) is 12.5 Å². The smallest absolute Gasteiger partial charge is 0.427 e. The van der Waals surface area contributed by atoms with Crippen LogP contribution in [0.4, 0.5) is 17.6 Å². The number of carbonyl (C=O) groups excluding carboxylic acids is 1. The number of amides is 1. The first-order valence-electron chi connectivity index (χ1n) is 3.93. The Bertz CT molecular complexity index is 397. The molecule has 1 aromatic rings. The fraction of sp³-hybridized carbons (Fsp3) is 0.250. The van der Waals surface area contributed by atoms with Crippen molar-refractivity contribution in [1.82, 2.24) is 4.98 Å². The van der Waals surface area contributed by atoms with Gasteiger partial charge in [-0.05, 0) is 6.07 Å². The number of pyridine rings is 1. The largest absolute Gasteiger partial charge is 0.461 e. The van der Waals surface area contributed by atoms with Gasteiger partial charge in [-0.2, -0.15) is 17.6 Å². The molecule has 0 bridgehead atoms. The molecule has 0 fully saturated rings. The summed E-state index contributed by atoms with van der Waals surface area (Å²) in [7, 11) is 0. The molecule has 0 aliphatic rings. The Morgan fingerprint density at radius 3 is 2.62 bits per heavy atom. The number of carbonyl (C=O) groups is 1.